The number of aryl methyl sites for hydroxylation is 1. The monoisotopic (exact) mass is 314 g/mol. The summed E-state index contributed by atoms with van der Waals surface area (Å²) in [6.45, 7) is 3.66. The van der Waals surface area contributed by atoms with Gasteiger partial charge in [0.15, 0.2) is 0 Å². The second kappa shape index (κ2) is 5.01. The number of rotatable bonds is 3. The van der Waals surface area contributed by atoms with Crippen LogP contribution in [0, 0.1) is 6.92 Å². The highest BCUT2D eigenvalue weighted by Gasteiger charge is 2.16. The SMILES string of the molecule is Cc1cnc(C(C)NC(=O)c2csc(Br)c2)o1. The lowest BCUT2D eigenvalue weighted by atomic mass is 10.2. The second-order valence-corrected chi connectivity index (χ2v) is 5.93. The highest BCUT2D eigenvalue weighted by atomic mass is 79.9. The molecule has 0 aromatic carbocycles. The first-order valence-corrected chi connectivity index (χ1v) is 6.71. The summed E-state index contributed by atoms with van der Waals surface area (Å²) in [4.78, 5) is 15.9. The van der Waals surface area contributed by atoms with E-state index in [4.69, 9.17) is 4.42 Å². The first-order chi connectivity index (χ1) is 8.06. The van der Waals surface area contributed by atoms with Gasteiger partial charge in [-0.1, -0.05) is 0 Å². The Kier molecular flexibility index (Phi) is 3.63. The van der Waals surface area contributed by atoms with Crippen molar-refractivity contribution in [2.24, 2.45) is 0 Å². The molecule has 4 nitrogen and oxygen atoms in total. The average molecular weight is 315 g/mol. The van der Waals surface area contributed by atoms with Gasteiger partial charge in [0, 0.05) is 5.38 Å². The summed E-state index contributed by atoms with van der Waals surface area (Å²) in [6.07, 6.45) is 1.64. The van der Waals surface area contributed by atoms with E-state index in [1.54, 1.807) is 17.6 Å². The van der Waals surface area contributed by atoms with Crippen molar-refractivity contribution in [3.8, 4) is 0 Å². The minimum atomic E-state index is -0.241. The van der Waals surface area contributed by atoms with E-state index in [-0.39, 0.29) is 11.9 Å². The normalized spacial score (nSPS) is 12.4. The first kappa shape index (κ1) is 12.3. The molecule has 17 heavy (non-hydrogen) atoms. The lowest BCUT2D eigenvalue weighted by Gasteiger charge is -2.09. The van der Waals surface area contributed by atoms with Gasteiger partial charge in [-0.2, -0.15) is 0 Å². The van der Waals surface area contributed by atoms with Gasteiger partial charge in [-0.3, -0.25) is 4.79 Å². The van der Waals surface area contributed by atoms with E-state index in [1.165, 1.54) is 11.3 Å². The molecule has 6 heteroatoms. The van der Waals surface area contributed by atoms with E-state index in [2.05, 4.69) is 26.2 Å². The number of halogens is 1. The molecule has 0 aliphatic heterocycles. The second-order valence-electron chi connectivity index (χ2n) is 3.64. The Morgan fingerprint density at radius 2 is 2.41 bits per heavy atom. The molecule has 2 heterocycles. The molecule has 0 radical (unpaired) electrons. The van der Waals surface area contributed by atoms with Crippen LogP contribution in [0.5, 0.6) is 0 Å². The number of hydrogen-bond acceptors (Lipinski definition) is 4. The number of aromatic nitrogens is 1. The average Bonchev–Trinajstić information content (AvgIpc) is 2.87. The van der Waals surface area contributed by atoms with E-state index in [1.807, 2.05) is 13.8 Å². The molecule has 1 N–H and O–H groups in total. The topological polar surface area (TPSA) is 55.1 Å². The van der Waals surface area contributed by atoms with Crippen LogP contribution in [0.1, 0.15) is 35.0 Å². The molecule has 2 aromatic heterocycles. The van der Waals surface area contributed by atoms with Crippen LogP contribution in [-0.2, 0) is 0 Å². The van der Waals surface area contributed by atoms with Gasteiger partial charge >= 0.3 is 0 Å². The van der Waals surface area contributed by atoms with Gasteiger partial charge in [-0.15, -0.1) is 11.3 Å². The summed E-state index contributed by atoms with van der Waals surface area (Å²) in [5, 5.41) is 4.63. The van der Waals surface area contributed by atoms with Crippen LogP contribution in [0.25, 0.3) is 0 Å². The van der Waals surface area contributed by atoms with Gasteiger partial charge in [0.1, 0.15) is 11.8 Å². The quantitative estimate of drug-likeness (QED) is 0.945. The molecule has 0 spiro atoms. The highest BCUT2D eigenvalue weighted by Crippen LogP contribution is 2.21. The summed E-state index contributed by atoms with van der Waals surface area (Å²) >= 11 is 4.80. The summed E-state index contributed by atoms with van der Waals surface area (Å²) < 4.78 is 6.29. The fraction of sp³-hybridized carbons (Fsp3) is 0.273. The fourth-order valence-corrected chi connectivity index (χ4v) is 2.48. The van der Waals surface area contributed by atoms with E-state index in [0.717, 1.165) is 9.55 Å². The van der Waals surface area contributed by atoms with Crippen LogP contribution in [0.15, 0.2) is 25.8 Å². The van der Waals surface area contributed by atoms with Crippen LogP contribution >= 0.6 is 27.3 Å². The molecule has 1 amide bonds. The molecule has 2 aromatic rings. The molecule has 1 unspecified atom stereocenters. The Morgan fingerprint density at radius 3 is 2.94 bits per heavy atom. The van der Waals surface area contributed by atoms with E-state index in [9.17, 15) is 4.79 Å². The largest absolute Gasteiger partial charge is 0.444 e. The summed E-state index contributed by atoms with van der Waals surface area (Å²) in [6, 6.07) is 1.54. The van der Waals surface area contributed by atoms with Crippen LogP contribution in [0.4, 0.5) is 0 Å². The van der Waals surface area contributed by atoms with Crippen LogP contribution in [0.2, 0.25) is 0 Å². The zero-order valence-corrected chi connectivity index (χ0v) is 11.8. The summed E-state index contributed by atoms with van der Waals surface area (Å²) in [5.74, 6) is 1.12. The van der Waals surface area contributed by atoms with Gasteiger partial charge in [-0.05, 0) is 35.8 Å². The Hall–Kier alpha value is -1.14. The number of amides is 1. The number of nitrogens with one attached hydrogen (secondary N) is 1. The standard InChI is InChI=1S/C11H11BrN2O2S/c1-6-4-13-11(16-6)7(2)14-10(15)8-3-9(12)17-5-8/h3-5,7H,1-2H3,(H,14,15). The highest BCUT2D eigenvalue weighted by molar-refractivity contribution is 9.11. The fourth-order valence-electron chi connectivity index (χ4n) is 1.34. The maximum absolute atomic E-state index is 11.9. The Morgan fingerprint density at radius 1 is 1.65 bits per heavy atom. The molecule has 0 saturated carbocycles. The minimum absolute atomic E-state index is 0.129. The predicted octanol–water partition coefficient (Wildman–Crippen LogP) is 3.30. The Bertz CT molecular complexity index is 535. The molecule has 0 fully saturated rings. The van der Waals surface area contributed by atoms with Crippen molar-refractivity contribution in [2.45, 2.75) is 19.9 Å². The summed E-state index contributed by atoms with van der Waals surface area (Å²) in [5.41, 5.74) is 0.636. The van der Waals surface area contributed by atoms with Crippen molar-refractivity contribution < 1.29 is 9.21 Å². The zero-order valence-electron chi connectivity index (χ0n) is 9.36. The Labute approximate surface area is 111 Å². The molecule has 0 aliphatic rings. The van der Waals surface area contributed by atoms with Crippen molar-refractivity contribution in [3.63, 3.8) is 0 Å². The molecule has 90 valence electrons. The van der Waals surface area contributed by atoms with Gasteiger partial charge in [0.05, 0.1) is 15.5 Å². The number of carbonyl (C=O) groups is 1. The number of nitrogens with zero attached hydrogens (tertiary/aromatic N) is 1. The minimum Gasteiger partial charge on any atom is -0.444 e. The number of thiophene rings is 1. The van der Waals surface area contributed by atoms with Gasteiger partial charge in [0.2, 0.25) is 5.89 Å². The Balaban J connectivity index is 2.04. The smallest absolute Gasteiger partial charge is 0.252 e. The van der Waals surface area contributed by atoms with E-state index < -0.39 is 0 Å². The van der Waals surface area contributed by atoms with Gasteiger partial charge in [0.25, 0.3) is 5.91 Å². The maximum Gasteiger partial charge on any atom is 0.252 e. The maximum atomic E-state index is 11.9. The molecule has 0 bridgehead atoms. The molecule has 1 atom stereocenters. The van der Waals surface area contributed by atoms with Crippen LogP contribution in [0.3, 0.4) is 0 Å². The number of carbonyl (C=O) groups excluding carboxylic acids is 1. The van der Waals surface area contributed by atoms with Gasteiger partial charge in [-0.25, -0.2) is 4.98 Å². The molecule has 2 rings (SSSR count). The van der Waals surface area contributed by atoms with Crippen molar-refractivity contribution in [2.75, 3.05) is 0 Å². The molecular formula is C11H11BrN2O2S. The van der Waals surface area contributed by atoms with E-state index in [0.29, 0.717) is 11.5 Å². The first-order valence-electron chi connectivity index (χ1n) is 5.03. The third-order valence-corrected chi connectivity index (χ3v) is 3.69. The zero-order chi connectivity index (χ0) is 12.4. The van der Waals surface area contributed by atoms with Crippen molar-refractivity contribution in [1.82, 2.24) is 10.3 Å². The van der Waals surface area contributed by atoms with Crippen molar-refractivity contribution >= 4 is 33.2 Å². The third-order valence-electron chi connectivity index (χ3n) is 2.19. The predicted molar refractivity (Wildman–Crippen MR) is 69.1 cm³/mol. The number of oxazole rings is 1. The lowest BCUT2D eigenvalue weighted by Crippen LogP contribution is -2.26. The molecular weight excluding hydrogens is 304 g/mol. The van der Waals surface area contributed by atoms with Crippen LogP contribution < -0.4 is 5.32 Å². The van der Waals surface area contributed by atoms with Crippen molar-refractivity contribution in [3.05, 3.63) is 38.6 Å². The lowest BCUT2D eigenvalue weighted by molar-refractivity contribution is 0.0934. The third kappa shape index (κ3) is 2.95. The van der Waals surface area contributed by atoms with Crippen LogP contribution in [-0.4, -0.2) is 10.9 Å². The molecule has 0 saturated heterocycles. The van der Waals surface area contributed by atoms with Crippen molar-refractivity contribution in [1.29, 1.82) is 0 Å². The molecule has 0 aliphatic carbocycles. The number of hydrogen-bond donors (Lipinski definition) is 1. The van der Waals surface area contributed by atoms with Gasteiger partial charge < -0.3 is 9.73 Å². The summed E-state index contributed by atoms with van der Waals surface area (Å²) in [7, 11) is 0. The van der Waals surface area contributed by atoms with E-state index >= 15 is 0 Å².